The van der Waals surface area contributed by atoms with Gasteiger partial charge in [-0.1, -0.05) is 54.6 Å². The molecule has 0 radical (unpaired) electrons. The number of furan rings is 2. The second kappa shape index (κ2) is 9.36. The minimum Gasteiger partial charge on any atom is -0.458 e. The van der Waals surface area contributed by atoms with Gasteiger partial charge in [0.1, 0.15) is 16.9 Å². The number of aromatic nitrogens is 1. The van der Waals surface area contributed by atoms with E-state index < -0.39 is 0 Å². The second-order valence-electron chi connectivity index (χ2n) is 10.9. The Hall–Kier alpha value is -5.81. The van der Waals surface area contributed by atoms with Gasteiger partial charge in [0.25, 0.3) is 0 Å². The third-order valence-electron chi connectivity index (χ3n) is 8.38. The number of fused-ring (bicyclic) bond motifs is 7. The molecule has 204 valence electrons. The third-order valence-corrected chi connectivity index (χ3v) is 8.38. The zero-order chi connectivity index (χ0) is 28.3. The first kappa shape index (κ1) is 23.9. The third kappa shape index (κ3) is 3.82. The maximum absolute atomic E-state index is 6.34. The molecule has 5 nitrogen and oxygen atoms in total. The second-order valence-corrected chi connectivity index (χ2v) is 10.9. The first-order valence-electron chi connectivity index (χ1n) is 14.4. The molecule has 5 heteroatoms. The van der Waals surface area contributed by atoms with Crippen molar-refractivity contribution in [2.75, 3.05) is 4.90 Å². The van der Waals surface area contributed by atoms with Crippen LogP contribution in [0.2, 0.25) is 0 Å². The highest BCUT2D eigenvalue weighted by molar-refractivity contribution is 6.08. The molecule has 3 aromatic heterocycles. The summed E-state index contributed by atoms with van der Waals surface area (Å²) in [5.41, 5.74) is 9.07. The number of hydrogen-bond acceptors (Lipinski definition) is 5. The average Bonchev–Trinajstić information content (AvgIpc) is 3.63. The smallest absolute Gasteiger partial charge is 0.153 e. The molecule has 0 fully saturated rings. The van der Waals surface area contributed by atoms with Crippen LogP contribution in [0.1, 0.15) is 11.3 Å². The van der Waals surface area contributed by atoms with Crippen molar-refractivity contribution < 1.29 is 8.83 Å². The van der Waals surface area contributed by atoms with Crippen molar-refractivity contribution in [1.82, 2.24) is 10.3 Å². The van der Waals surface area contributed by atoms with Crippen LogP contribution >= 0.6 is 0 Å². The van der Waals surface area contributed by atoms with Gasteiger partial charge in [-0.15, -0.1) is 0 Å². The number of pyridine rings is 1. The first-order chi connectivity index (χ1) is 21.3. The van der Waals surface area contributed by atoms with Crippen LogP contribution in [0.5, 0.6) is 0 Å². The van der Waals surface area contributed by atoms with Crippen LogP contribution in [0.25, 0.3) is 60.9 Å². The van der Waals surface area contributed by atoms with Crippen LogP contribution in [-0.2, 0) is 6.54 Å². The van der Waals surface area contributed by atoms with Gasteiger partial charge >= 0.3 is 0 Å². The Balaban J connectivity index is 1.29. The van der Waals surface area contributed by atoms with Gasteiger partial charge in [0.15, 0.2) is 5.58 Å². The van der Waals surface area contributed by atoms with Gasteiger partial charge in [-0.25, -0.2) is 0 Å². The van der Waals surface area contributed by atoms with Crippen molar-refractivity contribution in [3.05, 3.63) is 139 Å². The zero-order valence-corrected chi connectivity index (χ0v) is 23.1. The topological polar surface area (TPSA) is 54.4 Å². The van der Waals surface area contributed by atoms with Gasteiger partial charge in [0.2, 0.25) is 0 Å². The van der Waals surface area contributed by atoms with Gasteiger partial charge in [-0.3, -0.25) is 4.98 Å². The van der Waals surface area contributed by atoms with Crippen LogP contribution < -0.4 is 10.2 Å². The van der Waals surface area contributed by atoms with E-state index in [1.54, 1.807) is 6.20 Å². The molecule has 4 heterocycles. The average molecular weight is 556 g/mol. The summed E-state index contributed by atoms with van der Waals surface area (Å²) in [5, 5.41) is 8.93. The van der Waals surface area contributed by atoms with Gasteiger partial charge in [-0.2, -0.15) is 0 Å². The molecular weight excluding hydrogens is 530 g/mol. The summed E-state index contributed by atoms with van der Waals surface area (Å²) in [5.74, 6) is 0.943. The standard InChI is InChI=1S/C38H25N3O2/c1-2-6-25-19-27(12-11-24(25)5-1)26-7-3-8-28(20-26)41(29-13-14-34-32(21-29)30-15-17-39-22-36(30)42-34)33-9-4-10-35-38(33)31-16-18-40-23-37(31)43-35/h1-22,40H,23H2. The molecule has 0 saturated heterocycles. The molecule has 5 aromatic carbocycles. The van der Waals surface area contributed by atoms with Crippen molar-refractivity contribution in [3.63, 3.8) is 0 Å². The molecule has 0 unspecified atom stereocenters. The summed E-state index contributed by atoms with van der Waals surface area (Å²) in [6, 6.07) is 38.6. The van der Waals surface area contributed by atoms with Gasteiger partial charge in [0, 0.05) is 33.9 Å². The fourth-order valence-electron chi connectivity index (χ4n) is 6.37. The number of nitrogens with zero attached hydrogens (tertiary/aromatic N) is 2. The lowest BCUT2D eigenvalue weighted by atomic mass is 10.00. The number of benzene rings is 5. The number of rotatable bonds is 4. The lowest BCUT2D eigenvalue weighted by Crippen LogP contribution is -2.11. The molecular formula is C38H25N3O2. The Bertz CT molecular complexity index is 2380. The lowest BCUT2D eigenvalue weighted by Gasteiger charge is -2.27. The molecule has 0 spiro atoms. The summed E-state index contributed by atoms with van der Waals surface area (Å²) in [7, 11) is 0. The number of anilines is 3. The van der Waals surface area contributed by atoms with Crippen LogP contribution in [0.3, 0.4) is 0 Å². The molecule has 0 atom stereocenters. The van der Waals surface area contributed by atoms with E-state index in [9.17, 15) is 0 Å². The molecule has 0 aliphatic carbocycles. The van der Waals surface area contributed by atoms with Crippen molar-refractivity contribution in [1.29, 1.82) is 0 Å². The molecule has 1 N–H and O–H groups in total. The first-order valence-corrected chi connectivity index (χ1v) is 14.4. The predicted molar refractivity (Wildman–Crippen MR) is 175 cm³/mol. The Kier molecular flexibility index (Phi) is 5.19. The zero-order valence-electron chi connectivity index (χ0n) is 23.1. The summed E-state index contributed by atoms with van der Waals surface area (Å²) in [6.45, 7) is 0.665. The quantitative estimate of drug-likeness (QED) is 0.234. The minimum atomic E-state index is 0.665. The maximum Gasteiger partial charge on any atom is 0.153 e. The molecule has 0 saturated carbocycles. The number of nitrogens with one attached hydrogen (secondary N) is 1. The van der Waals surface area contributed by atoms with E-state index in [2.05, 4.69) is 124 Å². The van der Waals surface area contributed by atoms with E-state index in [0.29, 0.717) is 6.54 Å². The number of hydrogen-bond donors (Lipinski definition) is 1. The minimum absolute atomic E-state index is 0.665. The summed E-state index contributed by atoms with van der Waals surface area (Å²) in [4.78, 5) is 6.59. The molecule has 9 rings (SSSR count). The Labute approximate surface area is 247 Å². The fourth-order valence-corrected chi connectivity index (χ4v) is 6.37. The highest BCUT2D eigenvalue weighted by Crippen LogP contribution is 2.45. The SMILES string of the molecule is C1=Cc2c(oc3cccc(N(c4cccc(-c5ccc6ccccc6c5)c4)c4ccc5oc6cnccc6c5c4)c23)CN1. The van der Waals surface area contributed by atoms with E-state index in [-0.39, 0.29) is 0 Å². The molecule has 1 aliphatic rings. The van der Waals surface area contributed by atoms with Crippen molar-refractivity contribution in [2.24, 2.45) is 0 Å². The Morgan fingerprint density at radius 1 is 0.651 bits per heavy atom. The van der Waals surface area contributed by atoms with Crippen molar-refractivity contribution in [2.45, 2.75) is 6.54 Å². The summed E-state index contributed by atoms with van der Waals surface area (Å²) < 4.78 is 12.5. The van der Waals surface area contributed by atoms with Crippen LogP contribution in [0, 0.1) is 0 Å². The van der Waals surface area contributed by atoms with E-state index in [1.807, 2.05) is 18.5 Å². The summed E-state index contributed by atoms with van der Waals surface area (Å²) in [6.07, 6.45) is 7.69. The highest BCUT2D eigenvalue weighted by atomic mass is 16.3. The van der Waals surface area contributed by atoms with Gasteiger partial charge in [0.05, 0.1) is 23.8 Å². The monoisotopic (exact) mass is 555 g/mol. The maximum atomic E-state index is 6.34. The van der Waals surface area contributed by atoms with Crippen LogP contribution in [0.4, 0.5) is 17.1 Å². The molecule has 0 amide bonds. The highest BCUT2D eigenvalue weighted by Gasteiger charge is 2.23. The lowest BCUT2D eigenvalue weighted by molar-refractivity contribution is 0.532. The van der Waals surface area contributed by atoms with Crippen LogP contribution in [-0.4, -0.2) is 4.98 Å². The van der Waals surface area contributed by atoms with E-state index in [0.717, 1.165) is 66.9 Å². The fraction of sp³-hybridized carbons (Fsp3) is 0.0263. The Morgan fingerprint density at radius 2 is 1.53 bits per heavy atom. The van der Waals surface area contributed by atoms with Crippen LogP contribution in [0.15, 0.2) is 137 Å². The largest absolute Gasteiger partial charge is 0.458 e. The van der Waals surface area contributed by atoms with E-state index in [1.165, 1.54) is 16.3 Å². The summed E-state index contributed by atoms with van der Waals surface area (Å²) >= 11 is 0. The molecule has 43 heavy (non-hydrogen) atoms. The van der Waals surface area contributed by atoms with E-state index >= 15 is 0 Å². The van der Waals surface area contributed by atoms with Crippen molar-refractivity contribution >= 4 is 66.8 Å². The predicted octanol–water partition coefficient (Wildman–Crippen LogP) is 10.1. The molecule has 1 aliphatic heterocycles. The molecule has 0 bridgehead atoms. The van der Waals surface area contributed by atoms with Crippen molar-refractivity contribution in [3.8, 4) is 11.1 Å². The van der Waals surface area contributed by atoms with Gasteiger partial charge in [-0.05, 0) is 88.8 Å². The molecule has 8 aromatic rings. The van der Waals surface area contributed by atoms with Gasteiger partial charge < -0.3 is 19.1 Å². The normalized spacial score (nSPS) is 12.7. The Morgan fingerprint density at radius 3 is 2.51 bits per heavy atom. The van der Waals surface area contributed by atoms with E-state index in [4.69, 9.17) is 8.83 Å².